The highest BCUT2D eigenvalue weighted by Gasteiger charge is 2.15. The summed E-state index contributed by atoms with van der Waals surface area (Å²) in [5.74, 6) is 0.824. The number of aromatic amines is 1. The van der Waals surface area contributed by atoms with Gasteiger partial charge in [-0.25, -0.2) is 4.39 Å². The first-order valence-corrected chi connectivity index (χ1v) is 10.2. The Hall–Kier alpha value is -2.93. The molecule has 2 aromatic carbocycles. The molecule has 3 rings (SSSR count). The third-order valence-corrected chi connectivity index (χ3v) is 5.13. The van der Waals surface area contributed by atoms with Crippen molar-refractivity contribution in [2.24, 2.45) is 5.92 Å². The molecule has 0 aliphatic carbocycles. The fourth-order valence-corrected chi connectivity index (χ4v) is 3.30. The van der Waals surface area contributed by atoms with Gasteiger partial charge in [-0.2, -0.15) is 0 Å². The minimum atomic E-state index is -0.285. The Labute approximate surface area is 180 Å². The molecule has 0 saturated heterocycles. The molecule has 0 unspecified atom stereocenters. The molecule has 0 radical (unpaired) electrons. The molecular formula is C23H26FN3O2S. The van der Waals surface area contributed by atoms with Gasteiger partial charge >= 0.3 is 0 Å². The van der Waals surface area contributed by atoms with Crippen LogP contribution in [0, 0.1) is 11.7 Å². The molecule has 0 spiro atoms. The lowest BCUT2D eigenvalue weighted by Gasteiger charge is -2.26. The fraction of sp³-hybridized carbons (Fsp3) is 0.304. The maximum absolute atomic E-state index is 13.3. The number of hydrogen-bond acceptors (Lipinski definition) is 3. The van der Waals surface area contributed by atoms with Crippen LogP contribution in [0.2, 0.25) is 0 Å². The predicted molar refractivity (Wildman–Crippen MR) is 122 cm³/mol. The molecular weight excluding hydrogens is 401 g/mol. The van der Waals surface area contributed by atoms with Gasteiger partial charge in [-0.1, -0.05) is 26.0 Å². The van der Waals surface area contributed by atoms with Gasteiger partial charge in [0.05, 0.1) is 19.2 Å². The van der Waals surface area contributed by atoms with E-state index in [2.05, 4.69) is 24.1 Å². The van der Waals surface area contributed by atoms with E-state index in [4.69, 9.17) is 17.0 Å². The predicted octanol–water partition coefficient (Wildman–Crippen LogP) is 4.21. The number of rotatable bonds is 7. The van der Waals surface area contributed by atoms with Crippen LogP contribution in [-0.4, -0.2) is 28.7 Å². The van der Waals surface area contributed by atoms with Gasteiger partial charge in [0.25, 0.3) is 5.56 Å². The number of nitrogens with zero attached hydrogens (tertiary/aromatic N) is 1. The minimum absolute atomic E-state index is 0.175. The Morgan fingerprint density at radius 2 is 1.90 bits per heavy atom. The molecule has 0 amide bonds. The zero-order valence-electron chi connectivity index (χ0n) is 17.4. The van der Waals surface area contributed by atoms with E-state index in [0.29, 0.717) is 40.9 Å². The van der Waals surface area contributed by atoms with Crippen LogP contribution in [0.25, 0.3) is 10.9 Å². The van der Waals surface area contributed by atoms with Crippen LogP contribution < -0.4 is 15.6 Å². The summed E-state index contributed by atoms with van der Waals surface area (Å²) in [7, 11) is 1.59. The molecule has 1 aromatic heterocycles. The highest BCUT2D eigenvalue weighted by atomic mass is 32.1. The zero-order valence-corrected chi connectivity index (χ0v) is 18.2. The van der Waals surface area contributed by atoms with Crippen LogP contribution in [0.4, 0.5) is 4.39 Å². The van der Waals surface area contributed by atoms with E-state index in [1.54, 1.807) is 25.3 Å². The van der Waals surface area contributed by atoms with E-state index in [1.165, 1.54) is 12.1 Å². The number of thiocarbonyl (C=S) groups is 1. The standard InChI is InChI=1S/C23H26FN3O2S/c1-15(2)12-25-23(30)27(13-16-4-7-19(24)8-5-16)14-18-10-17-6-9-20(29-3)11-21(17)26-22(18)28/h4-11,15H,12-14H2,1-3H3,(H,25,30)(H,26,28). The first-order valence-electron chi connectivity index (χ1n) is 9.83. The summed E-state index contributed by atoms with van der Waals surface area (Å²) in [5.41, 5.74) is 2.05. The van der Waals surface area contributed by atoms with E-state index in [9.17, 15) is 9.18 Å². The minimum Gasteiger partial charge on any atom is -0.497 e. The van der Waals surface area contributed by atoms with Crippen LogP contribution >= 0.6 is 12.2 Å². The number of halogens is 1. The first-order chi connectivity index (χ1) is 14.4. The van der Waals surface area contributed by atoms with E-state index < -0.39 is 0 Å². The van der Waals surface area contributed by atoms with Crippen molar-refractivity contribution in [3.63, 3.8) is 0 Å². The van der Waals surface area contributed by atoms with Crippen molar-refractivity contribution in [3.05, 3.63) is 75.8 Å². The van der Waals surface area contributed by atoms with E-state index in [-0.39, 0.29) is 11.4 Å². The van der Waals surface area contributed by atoms with Gasteiger partial charge in [-0.3, -0.25) is 4.79 Å². The molecule has 0 saturated carbocycles. The van der Waals surface area contributed by atoms with Gasteiger partial charge in [0.2, 0.25) is 0 Å². The number of hydrogen-bond donors (Lipinski definition) is 2. The molecule has 3 aromatic rings. The third kappa shape index (κ3) is 5.57. The summed E-state index contributed by atoms with van der Waals surface area (Å²) < 4.78 is 18.5. The van der Waals surface area contributed by atoms with Gasteiger partial charge in [0.15, 0.2) is 5.11 Å². The monoisotopic (exact) mass is 427 g/mol. The first kappa shape index (κ1) is 21.8. The number of nitrogens with one attached hydrogen (secondary N) is 2. The average molecular weight is 428 g/mol. The van der Waals surface area contributed by atoms with Crippen LogP contribution in [0.1, 0.15) is 25.0 Å². The third-order valence-electron chi connectivity index (χ3n) is 4.73. The van der Waals surface area contributed by atoms with E-state index in [1.807, 2.05) is 23.1 Å². The Morgan fingerprint density at radius 3 is 2.57 bits per heavy atom. The number of methoxy groups -OCH3 is 1. The Kier molecular flexibility index (Phi) is 7.05. The molecule has 1 heterocycles. The molecule has 0 aliphatic heterocycles. The molecule has 0 fully saturated rings. The molecule has 5 nitrogen and oxygen atoms in total. The average Bonchev–Trinajstić information content (AvgIpc) is 2.73. The molecule has 0 bridgehead atoms. The molecule has 2 N–H and O–H groups in total. The molecule has 30 heavy (non-hydrogen) atoms. The van der Waals surface area contributed by atoms with Gasteiger partial charge in [-0.15, -0.1) is 0 Å². The van der Waals surface area contributed by atoms with Gasteiger partial charge in [0, 0.05) is 24.7 Å². The van der Waals surface area contributed by atoms with E-state index >= 15 is 0 Å². The van der Waals surface area contributed by atoms with Crippen molar-refractivity contribution < 1.29 is 9.13 Å². The van der Waals surface area contributed by atoms with Crippen molar-refractivity contribution in [1.29, 1.82) is 0 Å². The van der Waals surface area contributed by atoms with Crippen molar-refractivity contribution in [2.45, 2.75) is 26.9 Å². The van der Waals surface area contributed by atoms with Gasteiger partial charge < -0.3 is 19.9 Å². The van der Waals surface area contributed by atoms with Crippen molar-refractivity contribution in [3.8, 4) is 5.75 Å². The summed E-state index contributed by atoms with van der Waals surface area (Å²) in [4.78, 5) is 17.6. The normalized spacial score (nSPS) is 11.0. The van der Waals surface area contributed by atoms with Crippen molar-refractivity contribution in [2.75, 3.05) is 13.7 Å². The van der Waals surface area contributed by atoms with Crippen molar-refractivity contribution >= 4 is 28.2 Å². The second-order valence-corrected chi connectivity index (χ2v) is 8.03. The molecule has 158 valence electrons. The number of benzene rings is 2. The maximum atomic E-state index is 13.3. The molecule has 0 aliphatic rings. The molecule has 7 heteroatoms. The van der Waals surface area contributed by atoms with Crippen LogP contribution in [0.3, 0.4) is 0 Å². The number of fused-ring (bicyclic) bond motifs is 1. The summed E-state index contributed by atoms with van der Waals surface area (Å²) in [6.07, 6.45) is 0. The zero-order chi connectivity index (χ0) is 21.7. The van der Waals surface area contributed by atoms with Crippen molar-refractivity contribution in [1.82, 2.24) is 15.2 Å². The second-order valence-electron chi connectivity index (χ2n) is 7.64. The fourth-order valence-electron chi connectivity index (χ4n) is 3.09. The second kappa shape index (κ2) is 9.71. The summed E-state index contributed by atoms with van der Waals surface area (Å²) in [5, 5.41) is 4.73. The number of ether oxygens (including phenoxy) is 1. The summed E-state index contributed by atoms with van der Waals surface area (Å²) in [6, 6.07) is 13.7. The summed E-state index contributed by atoms with van der Waals surface area (Å²) in [6.45, 7) is 5.72. The van der Waals surface area contributed by atoms with Gasteiger partial charge in [0.1, 0.15) is 11.6 Å². The smallest absolute Gasteiger partial charge is 0.253 e. The van der Waals surface area contributed by atoms with Crippen LogP contribution in [0.15, 0.2) is 53.3 Å². The topological polar surface area (TPSA) is 57.4 Å². The lowest BCUT2D eigenvalue weighted by Crippen LogP contribution is -2.41. The van der Waals surface area contributed by atoms with E-state index in [0.717, 1.165) is 17.5 Å². The number of aromatic nitrogens is 1. The van der Waals surface area contributed by atoms with Crippen LogP contribution in [-0.2, 0) is 13.1 Å². The summed E-state index contributed by atoms with van der Waals surface area (Å²) >= 11 is 5.60. The van der Waals surface area contributed by atoms with Crippen LogP contribution in [0.5, 0.6) is 5.75 Å². The highest BCUT2D eigenvalue weighted by Crippen LogP contribution is 2.19. The largest absolute Gasteiger partial charge is 0.497 e. The molecule has 0 atom stereocenters. The lowest BCUT2D eigenvalue weighted by atomic mass is 10.1. The quantitative estimate of drug-likeness (QED) is 0.553. The Bertz CT molecular complexity index is 1080. The Morgan fingerprint density at radius 1 is 1.17 bits per heavy atom. The number of H-pyrrole nitrogens is 1. The lowest BCUT2D eigenvalue weighted by molar-refractivity contribution is 0.394. The Balaban J connectivity index is 1.89. The van der Waals surface area contributed by atoms with Gasteiger partial charge in [-0.05, 0) is 59.4 Å². The maximum Gasteiger partial charge on any atom is 0.253 e. The highest BCUT2D eigenvalue weighted by molar-refractivity contribution is 7.80. The SMILES string of the molecule is COc1ccc2cc(CN(Cc3ccc(F)cc3)C(=S)NCC(C)C)c(=O)[nH]c2c1. The number of pyridine rings is 1.